The summed E-state index contributed by atoms with van der Waals surface area (Å²) in [6, 6.07) is 0. The summed E-state index contributed by atoms with van der Waals surface area (Å²) >= 11 is 0. The number of carbonyl (C=O) groups excluding carboxylic acids is 1. The van der Waals surface area contributed by atoms with Gasteiger partial charge in [0, 0.05) is 13.2 Å². The van der Waals surface area contributed by atoms with Gasteiger partial charge in [0.25, 0.3) is 0 Å². The van der Waals surface area contributed by atoms with Gasteiger partial charge in [-0.3, -0.25) is 4.79 Å². The van der Waals surface area contributed by atoms with Crippen LogP contribution in [-0.2, 0) is 14.3 Å². The summed E-state index contributed by atoms with van der Waals surface area (Å²) in [7, 11) is 0. The van der Waals surface area contributed by atoms with Crippen LogP contribution >= 0.6 is 0 Å². The second kappa shape index (κ2) is 7.10. The zero-order valence-electron chi connectivity index (χ0n) is 11.9. The minimum atomic E-state index is -0.599. The zero-order valence-corrected chi connectivity index (χ0v) is 11.9. The SMILES string of the molecule is CCOC(=O)C(CN)(CC1CCCCO1)C(C)C. The molecule has 1 fully saturated rings. The molecule has 2 N–H and O–H groups in total. The van der Waals surface area contributed by atoms with E-state index >= 15 is 0 Å². The highest BCUT2D eigenvalue weighted by Gasteiger charge is 2.44. The Balaban J connectivity index is 2.78. The minimum absolute atomic E-state index is 0.147. The van der Waals surface area contributed by atoms with E-state index < -0.39 is 5.41 Å². The Kier molecular flexibility index (Phi) is 6.09. The maximum absolute atomic E-state index is 12.3. The van der Waals surface area contributed by atoms with Gasteiger partial charge in [-0.05, 0) is 38.5 Å². The van der Waals surface area contributed by atoms with Crippen molar-refractivity contribution in [1.29, 1.82) is 0 Å². The quantitative estimate of drug-likeness (QED) is 0.740. The van der Waals surface area contributed by atoms with Gasteiger partial charge in [0.1, 0.15) is 0 Å². The predicted molar refractivity (Wildman–Crippen MR) is 71.2 cm³/mol. The van der Waals surface area contributed by atoms with E-state index in [2.05, 4.69) is 0 Å². The molecule has 0 amide bonds. The molecule has 1 aliphatic rings. The molecule has 0 radical (unpaired) electrons. The molecule has 2 atom stereocenters. The molecule has 1 aliphatic heterocycles. The molecule has 4 nitrogen and oxygen atoms in total. The van der Waals surface area contributed by atoms with Crippen LogP contribution in [0.15, 0.2) is 0 Å². The molecule has 0 spiro atoms. The second-order valence-corrected chi connectivity index (χ2v) is 5.43. The summed E-state index contributed by atoms with van der Waals surface area (Å²) in [5.74, 6) is -0.0104. The van der Waals surface area contributed by atoms with E-state index in [1.165, 1.54) is 6.42 Å². The average molecular weight is 257 g/mol. The lowest BCUT2D eigenvalue weighted by molar-refractivity contribution is -0.161. The van der Waals surface area contributed by atoms with Gasteiger partial charge in [-0.2, -0.15) is 0 Å². The van der Waals surface area contributed by atoms with Crippen LogP contribution in [0.3, 0.4) is 0 Å². The Morgan fingerprint density at radius 2 is 2.22 bits per heavy atom. The lowest BCUT2D eigenvalue weighted by atomic mass is 9.72. The van der Waals surface area contributed by atoms with Crippen LogP contribution in [0.5, 0.6) is 0 Å². The first kappa shape index (κ1) is 15.4. The van der Waals surface area contributed by atoms with Crippen LogP contribution in [0.4, 0.5) is 0 Å². The van der Waals surface area contributed by atoms with E-state index in [0.717, 1.165) is 19.4 Å². The summed E-state index contributed by atoms with van der Waals surface area (Å²) in [6.07, 6.45) is 4.14. The van der Waals surface area contributed by atoms with Gasteiger partial charge in [-0.15, -0.1) is 0 Å². The molecular weight excluding hydrogens is 230 g/mol. The summed E-state index contributed by atoms with van der Waals surface area (Å²) in [5, 5.41) is 0. The largest absolute Gasteiger partial charge is 0.466 e. The van der Waals surface area contributed by atoms with Gasteiger partial charge >= 0.3 is 5.97 Å². The molecule has 2 unspecified atom stereocenters. The van der Waals surface area contributed by atoms with Crippen molar-refractivity contribution in [3.8, 4) is 0 Å². The van der Waals surface area contributed by atoms with Crippen molar-refractivity contribution in [2.75, 3.05) is 19.8 Å². The lowest BCUT2D eigenvalue weighted by Gasteiger charge is -2.37. The van der Waals surface area contributed by atoms with Crippen molar-refractivity contribution >= 4 is 5.97 Å². The molecule has 1 saturated heterocycles. The normalized spacial score (nSPS) is 23.7. The number of nitrogens with two attached hydrogens (primary N) is 1. The molecule has 1 rings (SSSR count). The van der Waals surface area contributed by atoms with Crippen molar-refractivity contribution in [3.05, 3.63) is 0 Å². The van der Waals surface area contributed by atoms with Crippen LogP contribution in [0.2, 0.25) is 0 Å². The van der Waals surface area contributed by atoms with Gasteiger partial charge in [-0.25, -0.2) is 0 Å². The first-order valence-electron chi connectivity index (χ1n) is 7.05. The van der Waals surface area contributed by atoms with E-state index in [9.17, 15) is 4.79 Å². The molecule has 0 aromatic rings. The van der Waals surface area contributed by atoms with Gasteiger partial charge in [-0.1, -0.05) is 13.8 Å². The highest BCUT2D eigenvalue weighted by molar-refractivity contribution is 5.77. The molecule has 106 valence electrons. The fourth-order valence-corrected chi connectivity index (χ4v) is 2.61. The lowest BCUT2D eigenvalue weighted by Crippen LogP contribution is -2.47. The van der Waals surface area contributed by atoms with Crippen molar-refractivity contribution in [3.63, 3.8) is 0 Å². The Labute approximate surface area is 110 Å². The molecule has 0 saturated carbocycles. The predicted octanol–water partition coefficient (Wildman–Crippen LogP) is 2.11. The first-order chi connectivity index (χ1) is 8.56. The topological polar surface area (TPSA) is 61.5 Å². The first-order valence-corrected chi connectivity index (χ1v) is 7.05. The van der Waals surface area contributed by atoms with Crippen molar-refractivity contribution in [2.45, 2.75) is 52.6 Å². The Morgan fingerprint density at radius 3 is 2.67 bits per heavy atom. The summed E-state index contributed by atoms with van der Waals surface area (Å²) < 4.78 is 11.0. The van der Waals surface area contributed by atoms with E-state index in [-0.39, 0.29) is 18.0 Å². The fourth-order valence-electron chi connectivity index (χ4n) is 2.61. The summed E-state index contributed by atoms with van der Waals surface area (Å²) in [5.41, 5.74) is 5.30. The zero-order chi connectivity index (χ0) is 13.6. The van der Waals surface area contributed by atoms with Gasteiger partial charge < -0.3 is 15.2 Å². The molecule has 0 aromatic carbocycles. The summed E-state index contributed by atoms with van der Waals surface area (Å²) in [6.45, 7) is 7.42. The van der Waals surface area contributed by atoms with Crippen LogP contribution in [-0.4, -0.2) is 31.8 Å². The van der Waals surface area contributed by atoms with E-state index in [1.807, 2.05) is 20.8 Å². The standard InChI is InChI=1S/C14H27NO3/c1-4-17-13(16)14(10-15,11(2)3)9-12-7-5-6-8-18-12/h11-12H,4-10,15H2,1-3H3. The highest BCUT2D eigenvalue weighted by Crippen LogP contribution is 2.36. The number of carbonyl (C=O) groups is 1. The molecule has 18 heavy (non-hydrogen) atoms. The molecule has 4 heteroatoms. The third-order valence-corrected chi connectivity index (χ3v) is 4.02. The van der Waals surface area contributed by atoms with Crippen molar-refractivity contribution < 1.29 is 14.3 Å². The molecule has 1 heterocycles. The summed E-state index contributed by atoms with van der Waals surface area (Å²) in [4.78, 5) is 12.3. The van der Waals surface area contributed by atoms with Gasteiger partial charge in [0.15, 0.2) is 0 Å². The Hall–Kier alpha value is -0.610. The smallest absolute Gasteiger partial charge is 0.313 e. The van der Waals surface area contributed by atoms with Gasteiger partial charge in [0.2, 0.25) is 0 Å². The number of esters is 1. The van der Waals surface area contributed by atoms with Crippen molar-refractivity contribution in [2.24, 2.45) is 17.1 Å². The van der Waals surface area contributed by atoms with Crippen LogP contribution in [0, 0.1) is 11.3 Å². The van der Waals surface area contributed by atoms with Gasteiger partial charge in [0.05, 0.1) is 18.1 Å². The number of hydrogen-bond acceptors (Lipinski definition) is 4. The number of hydrogen-bond donors (Lipinski definition) is 1. The fraction of sp³-hybridized carbons (Fsp3) is 0.929. The van der Waals surface area contributed by atoms with Crippen molar-refractivity contribution in [1.82, 2.24) is 0 Å². The maximum atomic E-state index is 12.3. The Bertz CT molecular complexity index is 262. The molecule has 0 aliphatic carbocycles. The maximum Gasteiger partial charge on any atom is 0.313 e. The van der Waals surface area contributed by atoms with E-state index in [1.54, 1.807) is 0 Å². The van der Waals surface area contributed by atoms with Crippen LogP contribution in [0.1, 0.15) is 46.5 Å². The molecule has 0 bridgehead atoms. The van der Waals surface area contributed by atoms with Crippen LogP contribution < -0.4 is 5.73 Å². The minimum Gasteiger partial charge on any atom is -0.466 e. The average Bonchev–Trinajstić information content (AvgIpc) is 2.37. The third kappa shape index (κ3) is 3.45. The van der Waals surface area contributed by atoms with E-state index in [4.69, 9.17) is 15.2 Å². The third-order valence-electron chi connectivity index (χ3n) is 4.02. The monoisotopic (exact) mass is 257 g/mol. The molecule has 0 aromatic heterocycles. The molecular formula is C14H27NO3. The van der Waals surface area contributed by atoms with E-state index in [0.29, 0.717) is 19.6 Å². The second-order valence-electron chi connectivity index (χ2n) is 5.43. The Morgan fingerprint density at radius 1 is 1.50 bits per heavy atom. The number of rotatable bonds is 6. The highest BCUT2D eigenvalue weighted by atomic mass is 16.5. The van der Waals surface area contributed by atoms with Crippen LogP contribution in [0.25, 0.3) is 0 Å². The number of ether oxygens (including phenoxy) is 2.